The van der Waals surface area contributed by atoms with Gasteiger partial charge in [0.2, 0.25) is 5.13 Å². The van der Waals surface area contributed by atoms with Crippen LogP contribution in [0.25, 0.3) is 10.6 Å². The molecular formula is C10H10ClN3S. The summed E-state index contributed by atoms with van der Waals surface area (Å²) in [6.07, 6.45) is 0. The van der Waals surface area contributed by atoms with Gasteiger partial charge in [0.25, 0.3) is 0 Å². The molecule has 1 aromatic carbocycles. The Bertz CT molecular complexity index is 438. The highest BCUT2D eigenvalue weighted by Crippen LogP contribution is 2.26. The highest BCUT2D eigenvalue weighted by molar-refractivity contribution is 7.18. The summed E-state index contributed by atoms with van der Waals surface area (Å²) in [6.45, 7) is 2.89. The van der Waals surface area contributed by atoms with Crippen LogP contribution in [-0.4, -0.2) is 16.7 Å². The molecule has 0 spiro atoms. The number of nitrogens with zero attached hydrogens (tertiary/aromatic N) is 2. The first-order chi connectivity index (χ1) is 7.29. The van der Waals surface area contributed by atoms with Gasteiger partial charge >= 0.3 is 0 Å². The summed E-state index contributed by atoms with van der Waals surface area (Å²) in [7, 11) is 0. The van der Waals surface area contributed by atoms with E-state index < -0.39 is 0 Å². The van der Waals surface area contributed by atoms with Crippen LogP contribution in [0.5, 0.6) is 0 Å². The molecule has 2 rings (SSSR count). The Kier molecular flexibility index (Phi) is 3.18. The Morgan fingerprint density at radius 1 is 1.27 bits per heavy atom. The molecule has 0 aliphatic heterocycles. The van der Waals surface area contributed by atoms with E-state index in [0.29, 0.717) is 0 Å². The Morgan fingerprint density at radius 3 is 2.67 bits per heavy atom. The molecule has 2 aromatic rings. The third kappa shape index (κ3) is 2.46. The number of halogens is 1. The van der Waals surface area contributed by atoms with Gasteiger partial charge in [-0.2, -0.15) is 0 Å². The SMILES string of the molecule is CCNc1nnc(-c2ccc(Cl)cc2)s1. The van der Waals surface area contributed by atoms with Crippen molar-refractivity contribution >= 4 is 28.1 Å². The maximum absolute atomic E-state index is 5.81. The molecule has 1 aromatic heterocycles. The molecule has 0 fully saturated rings. The first kappa shape index (κ1) is 10.4. The summed E-state index contributed by atoms with van der Waals surface area (Å²) in [6, 6.07) is 7.59. The Hall–Kier alpha value is -1.13. The predicted molar refractivity (Wildman–Crippen MR) is 64.5 cm³/mol. The average molecular weight is 240 g/mol. The van der Waals surface area contributed by atoms with Crippen molar-refractivity contribution in [1.82, 2.24) is 10.2 Å². The first-order valence-electron chi connectivity index (χ1n) is 4.63. The molecule has 78 valence electrons. The molecule has 0 aliphatic rings. The van der Waals surface area contributed by atoms with E-state index in [1.807, 2.05) is 31.2 Å². The zero-order chi connectivity index (χ0) is 10.7. The van der Waals surface area contributed by atoms with Crippen LogP contribution in [0.3, 0.4) is 0 Å². The number of aromatic nitrogens is 2. The topological polar surface area (TPSA) is 37.8 Å². The Labute approximate surface area is 97.1 Å². The molecule has 0 atom stereocenters. The molecule has 0 saturated carbocycles. The lowest BCUT2D eigenvalue weighted by atomic mass is 10.2. The van der Waals surface area contributed by atoms with Gasteiger partial charge < -0.3 is 5.32 Å². The first-order valence-corrected chi connectivity index (χ1v) is 5.82. The molecule has 15 heavy (non-hydrogen) atoms. The van der Waals surface area contributed by atoms with Crippen molar-refractivity contribution in [3.05, 3.63) is 29.3 Å². The van der Waals surface area contributed by atoms with E-state index in [0.717, 1.165) is 27.3 Å². The van der Waals surface area contributed by atoms with E-state index in [1.165, 1.54) is 11.3 Å². The highest BCUT2D eigenvalue weighted by Gasteiger charge is 2.05. The quantitative estimate of drug-likeness (QED) is 0.893. The van der Waals surface area contributed by atoms with Crippen LogP contribution < -0.4 is 5.32 Å². The highest BCUT2D eigenvalue weighted by atomic mass is 35.5. The van der Waals surface area contributed by atoms with Gasteiger partial charge in [0.1, 0.15) is 5.01 Å². The van der Waals surface area contributed by atoms with Gasteiger partial charge in [-0.3, -0.25) is 0 Å². The van der Waals surface area contributed by atoms with Crippen LogP contribution in [0.1, 0.15) is 6.92 Å². The second-order valence-corrected chi connectivity index (χ2v) is 4.36. The molecule has 0 radical (unpaired) electrons. The Balaban J connectivity index is 2.25. The van der Waals surface area contributed by atoms with Gasteiger partial charge in [-0.25, -0.2) is 0 Å². The van der Waals surface area contributed by atoms with Gasteiger partial charge in [0, 0.05) is 17.1 Å². The molecule has 3 nitrogen and oxygen atoms in total. The van der Waals surface area contributed by atoms with Gasteiger partial charge in [0.05, 0.1) is 0 Å². The number of hydrogen-bond acceptors (Lipinski definition) is 4. The number of nitrogens with one attached hydrogen (secondary N) is 1. The Morgan fingerprint density at radius 2 is 2.00 bits per heavy atom. The smallest absolute Gasteiger partial charge is 0.205 e. The van der Waals surface area contributed by atoms with E-state index in [2.05, 4.69) is 15.5 Å². The molecule has 0 aliphatic carbocycles. The summed E-state index contributed by atoms with van der Waals surface area (Å²) in [5.74, 6) is 0. The number of anilines is 1. The standard InChI is InChI=1S/C10H10ClN3S/c1-2-12-10-14-13-9(15-10)7-3-5-8(11)6-4-7/h3-6H,2H2,1H3,(H,12,14). The fourth-order valence-electron chi connectivity index (χ4n) is 1.16. The van der Waals surface area contributed by atoms with Gasteiger partial charge in [-0.1, -0.05) is 35.1 Å². The van der Waals surface area contributed by atoms with Crippen LogP contribution in [-0.2, 0) is 0 Å². The maximum atomic E-state index is 5.81. The van der Waals surface area contributed by atoms with Crippen LogP contribution >= 0.6 is 22.9 Å². The van der Waals surface area contributed by atoms with Crippen molar-refractivity contribution in [3.8, 4) is 10.6 Å². The minimum atomic E-state index is 0.732. The molecular weight excluding hydrogens is 230 g/mol. The van der Waals surface area contributed by atoms with Gasteiger partial charge in [-0.15, -0.1) is 10.2 Å². The lowest BCUT2D eigenvalue weighted by Gasteiger charge is -1.94. The summed E-state index contributed by atoms with van der Waals surface area (Å²) in [4.78, 5) is 0. The van der Waals surface area contributed by atoms with Gasteiger partial charge in [0.15, 0.2) is 0 Å². The largest absolute Gasteiger partial charge is 0.360 e. The van der Waals surface area contributed by atoms with Crippen molar-refractivity contribution in [2.75, 3.05) is 11.9 Å². The van der Waals surface area contributed by atoms with E-state index in [-0.39, 0.29) is 0 Å². The second kappa shape index (κ2) is 4.59. The zero-order valence-corrected chi connectivity index (χ0v) is 9.77. The van der Waals surface area contributed by atoms with Crippen molar-refractivity contribution in [2.24, 2.45) is 0 Å². The van der Waals surface area contributed by atoms with Crippen molar-refractivity contribution in [1.29, 1.82) is 0 Å². The van der Waals surface area contributed by atoms with Crippen LogP contribution in [0.4, 0.5) is 5.13 Å². The molecule has 1 heterocycles. The lowest BCUT2D eigenvalue weighted by molar-refractivity contribution is 1.07. The van der Waals surface area contributed by atoms with E-state index in [4.69, 9.17) is 11.6 Å². The molecule has 0 saturated heterocycles. The zero-order valence-electron chi connectivity index (χ0n) is 8.20. The monoisotopic (exact) mass is 239 g/mol. The van der Waals surface area contributed by atoms with Crippen LogP contribution in [0, 0.1) is 0 Å². The minimum absolute atomic E-state index is 0.732. The summed E-state index contributed by atoms with van der Waals surface area (Å²) < 4.78 is 0. The fraction of sp³-hybridized carbons (Fsp3) is 0.200. The third-order valence-electron chi connectivity index (χ3n) is 1.84. The van der Waals surface area contributed by atoms with Crippen molar-refractivity contribution in [3.63, 3.8) is 0 Å². The minimum Gasteiger partial charge on any atom is -0.360 e. The molecule has 1 N–H and O–H groups in total. The van der Waals surface area contributed by atoms with Crippen LogP contribution in [0.2, 0.25) is 5.02 Å². The molecule has 0 bridgehead atoms. The van der Waals surface area contributed by atoms with Crippen molar-refractivity contribution < 1.29 is 0 Å². The second-order valence-electron chi connectivity index (χ2n) is 2.95. The average Bonchev–Trinajstić information content (AvgIpc) is 2.68. The molecule has 0 unspecified atom stereocenters. The summed E-state index contributed by atoms with van der Waals surface area (Å²) in [5.41, 5.74) is 1.04. The number of hydrogen-bond donors (Lipinski definition) is 1. The maximum Gasteiger partial charge on any atom is 0.205 e. The summed E-state index contributed by atoms with van der Waals surface area (Å²) >= 11 is 7.35. The number of benzene rings is 1. The predicted octanol–water partition coefficient (Wildman–Crippen LogP) is 3.29. The van der Waals surface area contributed by atoms with E-state index in [1.54, 1.807) is 0 Å². The number of rotatable bonds is 3. The van der Waals surface area contributed by atoms with Crippen LogP contribution in [0.15, 0.2) is 24.3 Å². The summed E-state index contributed by atoms with van der Waals surface area (Å²) in [5, 5.41) is 13.7. The normalized spacial score (nSPS) is 10.3. The molecule has 5 heteroatoms. The third-order valence-corrected chi connectivity index (χ3v) is 3.03. The van der Waals surface area contributed by atoms with E-state index >= 15 is 0 Å². The lowest BCUT2D eigenvalue weighted by Crippen LogP contribution is -1.94. The van der Waals surface area contributed by atoms with Gasteiger partial charge in [-0.05, 0) is 19.1 Å². The van der Waals surface area contributed by atoms with Crippen molar-refractivity contribution in [2.45, 2.75) is 6.92 Å². The van der Waals surface area contributed by atoms with E-state index in [9.17, 15) is 0 Å². The fourth-order valence-corrected chi connectivity index (χ4v) is 2.10. The molecule has 0 amide bonds.